The Bertz CT molecular complexity index is 1100. The second-order valence-electron chi connectivity index (χ2n) is 6.32. The van der Waals surface area contributed by atoms with Crippen molar-refractivity contribution in [1.82, 2.24) is 14.5 Å². The van der Waals surface area contributed by atoms with Crippen LogP contribution < -0.4 is 0 Å². The van der Waals surface area contributed by atoms with Crippen LogP contribution in [0.15, 0.2) is 79.3 Å². The third-order valence-corrected chi connectivity index (χ3v) is 4.54. The minimum atomic E-state index is -4.60. The van der Waals surface area contributed by atoms with E-state index in [2.05, 4.69) is 9.97 Å². The monoisotopic (exact) mass is 379 g/mol. The molecule has 0 bridgehead atoms. The molecular formula is C22H16F3N3. The van der Waals surface area contributed by atoms with Crippen LogP contribution in [-0.4, -0.2) is 14.5 Å². The normalized spacial score (nSPS) is 11.6. The number of halogens is 3. The summed E-state index contributed by atoms with van der Waals surface area (Å²) < 4.78 is 44.4. The first-order valence-electron chi connectivity index (χ1n) is 8.68. The first kappa shape index (κ1) is 18.0. The zero-order valence-corrected chi connectivity index (χ0v) is 15.0. The maximum absolute atomic E-state index is 14.3. The zero-order chi connectivity index (χ0) is 19.7. The van der Waals surface area contributed by atoms with Crippen LogP contribution in [0.25, 0.3) is 28.1 Å². The number of hydrogen-bond acceptors (Lipinski definition) is 2. The molecule has 2 aromatic carbocycles. The Morgan fingerprint density at radius 1 is 0.821 bits per heavy atom. The van der Waals surface area contributed by atoms with Crippen LogP contribution in [0.5, 0.6) is 0 Å². The van der Waals surface area contributed by atoms with Gasteiger partial charge in [0.25, 0.3) is 0 Å². The van der Waals surface area contributed by atoms with Gasteiger partial charge in [-0.15, -0.1) is 0 Å². The molecule has 0 radical (unpaired) electrons. The summed E-state index contributed by atoms with van der Waals surface area (Å²) >= 11 is 0. The summed E-state index contributed by atoms with van der Waals surface area (Å²) in [6.07, 6.45) is -0.148. The van der Waals surface area contributed by atoms with Crippen molar-refractivity contribution in [2.75, 3.05) is 0 Å². The van der Waals surface area contributed by atoms with Gasteiger partial charge in [-0.05, 0) is 18.1 Å². The van der Waals surface area contributed by atoms with E-state index in [1.54, 1.807) is 61.5 Å². The first-order chi connectivity index (χ1) is 13.5. The van der Waals surface area contributed by atoms with E-state index < -0.39 is 11.7 Å². The largest absolute Gasteiger partial charge is 0.420 e. The van der Waals surface area contributed by atoms with Gasteiger partial charge in [-0.25, -0.2) is 9.97 Å². The zero-order valence-electron chi connectivity index (χ0n) is 15.0. The Morgan fingerprint density at radius 2 is 1.43 bits per heavy atom. The van der Waals surface area contributed by atoms with Crippen molar-refractivity contribution in [3.8, 4) is 28.1 Å². The molecule has 4 rings (SSSR count). The highest BCUT2D eigenvalue weighted by molar-refractivity contribution is 5.87. The van der Waals surface area contributed by atoms with Gasteiger partial charge in [0.1, 0.15) is 11.4 Å². The van der Waals surface area contributed by atoms with Gasteiger partial charge in [-0.1, -0.05) is 60.7 Å². The summed E-state index contributed by atoms with van der Waals surface area (Å²) in [5, 5.41) is 0. The fourth-order valence-electron chi connectivity index (χ4n) is 3.30. The molecule has 2 heterocycles. The van der Waals surface area contributed by atoms with Gasteiger partial charge in [-0.3, -0.25) is 4.57 Å². The van der Waals surface area contributed by atoms with E-state index in [0.29, 0.717) is 22.5 Å². The quantitative estimate of drug-likeness (QED) is 0.442. The third-order valence-electron chi connectivity index (χ3n) is 4.54. The van der Waals surface area contributed by atoms with E-state index in [-0.39, 0.29) is 11.4 Å². The molecule has 0 atom stereocenters. The Morgan fingerprint density at radius 3 is 1.96 bits per heavy atom. The van der Waals surface area contributed by atoms with Crippen LogP contribution in [-0.2, 0) is 6.18 Å². The number of alkyl halides is 3. The molecular weight excluding hydrogens is 363 g/mol. The molecule has 2 aromatic heterocycles. The van der Waals surface area contributed by atoms with Crippen molar-refractivity contribution in [3.05, 3.63) is 90.6 Å². The maximum atomic E-state index is 14.3. The summed E-state index contributed by atoms with van der Waals surface area (Å²) in [6, 6.07) is 17.6. The fourth-order valence-corrected chi connectivity index (χ4v) is 3.30. The molecule has 0 saturated heterocycles. The average Bonchev–Trinajstić information content (AvgIpc) is 3.13. The number of aromatic nitrogens is 3. The highest BCUT2D eigenvalue weighted by atomic mass is 19.4. The molecule has 0 saturated carbocycles. The van der Waals surface area contributed by atoms with Gasteiger partial charge >= 0.3 is 6.18 Å². The number of rotatable bonds is 3. The molecule has 3 nitrogen and oxygen atoms in total. The summed E-state index contributed by atoms with van der Waals surface area (Å²) in [5.41, 5.74) is 0.919. The van der Waals surface area contributed by atoms with Crippen molar-refractivity contribution in [1.29, 1.82) is 0 Å². The van der Waals surface area contributed by atoms with Gasteiger partial charge in [0.15, 0.2) is 5.82 Å². The van der Waals surface area contributed by atoms with Crippen molar-refractivity contribution >= 4 is 0 Å². The van der Waals surface area contributed by atoms with Crippen molar-refractivity contribution < 1.29 is 13.2 Å². The topological polar surface area (TPSA) is 30.7 Å². The molecule has 0 aliphatic carbocycles. The summed E-state index contributed by atoms with van der Waals surface area (Å²) in [5.74, 6) is 0.255. The number of aryl methyl sites for hydroxylation is 1. The van der Waals surface area contributed by atoms with Crippen LogP contribution in [0.1, 0.15) is 11.4 Å². The van der Waals surface area contributed by atoms with E-state index in [1.165, 1.54) is 23.2 Å². The van der Waals surface area contributed by atoms with Crippen LogP contribution in [0.4, 0.5) is 13.2 Å². The molecule has 6 heteroatoms. The molecule has 0 unspecified atom stereocenters. The fraction of sp³-hybridized carbons (Fsp3) is 0.0909. The molecule has 0 amide bonds. The molecule has 0 aliphatic rings. The second-order valence-corrected chi connectivity index (χ2v) is 6.32. The van der Waals surface area contributed by atoms with Crippen LogP contribution in [0.3, 0.4) is 0 Å². The minimum Gasteiger partial charge on any atom is -0.288 e. The van der Waals surface area contributed by atoms with Gasteiger partial charge in [0.2, 0.25) is 0 Å². The van der Waals surface area contributed by atoms with E-state index in [1.807, 2.05) is 6.07 Å². The Hall–Kier alpha value is -3.41. The standard InChI is InChI=1S/C22H16F3N3/c1-15-26-12-13-28(15)21-20(22(23,24)25)19(17-10-6-3-7-11-17)18(14-27-21)16-8-4-2-5-9-16/h2-14H,1H3. The third kappa shape index (κ3) is 3.17. The van der Waals surface area contributed by atoms with Crippen molar-refractivity contribution in [2.24, 2.45) is 0 Å². The Labute approximate surface area is 160 Å². The molecule has 28 heavy (non-hydrogen) atoms. The number of hydrogen-bond donors (Lipinski definition) is 0. The van der Waals surface area contributed by atoms with E-state index in [4.69, 9.17) is 0 Å². The minimum absolute atomic E-state index is 0.109. The SMILES string of the molecule is Cc1nccn1-c1ncc(-c2ccccc2)c(-c2ccccc2)c1C(F)(F)F. The van der Waals surface area contributed by atoms with Crippen molar-refractivity contribution in [2.45, 2.75) is 13.1 Å². The predicted molar refractivity (Wildman–Crippen MR) is 102 cm³/mol. The lowest BCUT2D eigenvalue weighted by molar-refractivity contribution is -0.137. The smallest absolute Gasteiger partial charge is 0.288 e. The summed E-state index contributed by atoms with van der Waals surface area (Å²) in [6.45, 7) is 1.65. The molecule has 0 fully saturated rings. The Kier molecular flexibility index (Phi) is 4.47. The molecule has 0 spiro atoms. The van der Waals surface area contributed by atoms with Crippen molar-refractivity contribution in [3.63, 3.8) is 0 Å². The number of imidazole rings is 1. The molecule has 4 aromatic rings. The lowest BCUT2D eigenvalue weighted by Crippen LogP contribution is -2.16. The molecule has 140 valence electrons. The van der Waals surface area contributed by atoms with Crippen LogP contribution in [0.2, 0.25) is 0 Å². The number of pyridine rings is 1. The first-order valence-corrected chi connectivity index (χ1v) is 8.68. The van der Waals surface area contributed by atoms with Gasteiger partial charge < -0.3 is 0 Å². The predicted octanol–water partition coefficient (Wildman–Crippen LogP) is 5.93. The number of benzene rings is 2. The van der Waals surface area contributed by atoms with Crippen LogP contribution >= 0.6 is 0 Å². The molecule has 0 N–H and O–H groups in total. The highest BCUT2D eigenvalue weighted by Crippen LogP contribution is 2.44. The maximum Gasteiger partial charge on any atom is 0.420 e. The van der Waals surface area contributed by atoms with E-state index >= 15 is 0 Å². The number of nitrogens with zero attached hydrogens (tertiary/aromatic N) is 3. The van der Waals surface area contributed by atoms with Gasteiger partial charge in [0, 0.05) is 29.7 Å². The second kappa shape index (κ2) is 6.96. The Balaban J connectivity index is 2.13. The molecule has 0 aliphatic heterocycles. The summed E-state index contributed by atoms with van der Waals surface area (Å²) in [7, 11) is 0. The van der Waals surface area contributed by atoms with Crippen LogP contribution in [0, 0.1) is 6.92 Å². The highest BCUT2D eigenvalue weighted by Gasteiger charge is 2.39. The lowest BCUT2D eigenvalue weighted by atomic mass is 9.91. The van der Waals surface area contributed by atoms with Gasteiger partial charge in [-0.2, -0.15) is 13.2 Å². The van der Waals surface area contributed by atoms with E-state index in [0.717, 1.165) is 0 Å². The average molecular weight is 379 g/mol. The summed E-state index contributed by atoms with van der Waals surface area (Å²) in [4.78, 5) is 8.27. The van der Waals surface area contributed by atoms with E-state index in [9.17, 15) is 13.2 Å². The lowest BCUT2D eigenvalue weighted by Gasteiger charge is -2.21. The van der Waals surface area contributed by atoms with Gasteiger partial charge in [0.05, 0.1) is 0 Å².